The van der Waals surface area contributed by atoms with Crippen molar-refractivity contribution in [2.45, 2.75) is 18.3 Å². The van der Waals surface area contributed by atoms with Crippen LogP contribution >= 0.6 is 11.6 Å². The van der Waals surface area contributed by atoms with Crippen LogP contribution in [0.2, 0.25) is 5.15 Å². The lowest BCUT2D eigenvalue weighted by molar-refractivity contribution is -0.109. The molecule has 1 saturated carbocycles. The third-order valence-electron chi connectivity index (χ3n) is 2.24. The molecule has 0 spiro atoms. The SMILES string of the molecule is O=CC1(c2cccc(Cl)n2)CC1. The fourth-order valence-electron chi connectivity index (χ4n) is 1.25. The topological polar surface area (TPSA) is 30.0 Å². The monoisotopic (exact) mass is 181 g/mol. The van der Waals surface area contributed by atoms with Gasteiger partial charge in [-0.3, -0.25) is 0 Å². The van der Waals surface area contributed by atoms with E-state index in [0.29, 0.717) is 5.15 Å². The normalized spacial score (nSPS) is 18.8. The Morgan fingerprint density at radius 3 is 2.75 bits per heavy atom. The Morgan fingerprint density at radius 1 is 1.50 bits per heavy atom. The minimum atomic E-state index is -0.301. The van der Waals surface area contributed by atoms with Gasteiger partial charge in [-0.25, -0.2) is 4.98 Å². The van der Waals surface area contributed by atoms with Crippen molar-refractivity contribution in [2.24, 2.45) is 0 Å². The molecule has 1 aromatic rings. The first kappa shape index (κ1) is 7.74. The molecular weight excluding hydrogens is 174 g/mol. The molecule has 0 unspecified atom stereocenters. The number of pyridine rings is 1. The van der Waals surface area contributed by atoms with Gasteiger partial charge in [0.05, 0.1) is 11.1 Å². The van der Waals surface area contributed by atoms with Gasteiger partial charge in [-0.2, -0.15) is 0 Å². The van der Waals surface area contributed by atoms with Gasteiger partial charge in [0.25, 0.3) is 0 Å². The lowest BCUT2D eigenvalue weighted by Gasteiger charge is -2.04. The van der Waals surface area contributed by atoms with Crippen molar-refractivity contribution in [2.75, 3.05) is 0 Å². The number of hydrogen-bond donors (Lipinski definition) is 0. The van der Waals surface area contributed by atoms with Gasteiger partial charge in [0.1, 0.15) is 11.4 Å². The number of carbonyl (C=O) groups is 1. The van der Waals surface area contributed by atoms with E-state index in [9.17, 15) is 4.79 Å². The molecule has 1 fully saturated rings. The van der Waals surface area contributed by atoms with E-state index >= 15 is 0 Å². The Bertz CT molecular complexity index is 320. The zero-order valence-corrected chi connectivity index (χ0v) is 7.21. The summed E-state index contributed by atoms with van der Waals surface area (Å²) < 4.78 is 0. The van der Waals surface area contributed by atoms with Gasteiger partial charge >= 0.3 is 0 Å². The first-order valence-corrected chi connectivity index (χ1v) is 4.24. The van der Waals surface area contributed by atoms with Crippen LogP contribution in [0.5, 0.6) is 0 Å². The van der Waals surface area contributed by atoms with E-state index in [1.54, 1.807) is 6.07 Å². The molecule has 3 heteroatoms. The molecule has 0 N–H and O–H groups in total. The minimum Gasteiger partial charge on any atom is -0.302 e. The van der Waals surface area contributed by atoms with E-state index in [-0.39, 0.29) is 5.41 Å². The average molecular weight is 182 g/mol. The number of halogens is 1. The Labute approximate surface area is 75.6 Å². The maximum absolute atomic E-state index is 10.7. The second kappa shape index (κ2) is 2.56. The molecule has 12 heavy (non-hydrogen) atoms. The van der Waals surface area contributed by atoms with Crippen molar-refractivity contribution >= 4 is 17.9 Å². The number of nitrogens with zero attached hydrogens (tertiary/aromatic N) is 1. The number of hydrogen-bond acceptors (Lipinski definition) is 2. The molecule has 0 radical (unpaired) electrons. The summed E-state index contributed by atoms with van der Waals surface area (Å²) in [6.07, 6.45) is 2.79. The molecule has 0 saturated heterocycles. The Balaban J connectivity index is 2.40. The lowest BCUT2D eigenvalue weighted by Crippen LogP contribution is -2.09. The van der Waals surface area contributed by atoms with Crippen LogP contribution < -0.4 is 0 Å². The number of aromatic nitrogens is 1. The number of aldehydes is 1. The van der Waals surface area contributed by atoms with Crippen LogP contribution in [0.25, 0.3) is 0 Å². The van der Waals surface area contributed by atoms with Crippen LogP contribution in [-0.2, 0) is 10.2 Å². The lowest BCUT2D eigenvalue weighted by atomic mass is 10.0. The van der Waals surface area contributed by atoms with Crippen LogP contribution in [-0.4, -0.2) is 11.3 Å². The molecule has 0 aromatic carbocycles. The van der Waals surface area contributed by atoms with Crippen LogP contribution in [0.1, 0.15) is 18.5 Å². The van der Waals surface area contributed by atoms with Crippen LogP contribution in [0.4, 0.5) is 0 Å². The fourth-order valence-corrected chi connectivity index (χ4v) is 1.42. The molecule has 1 heterocycles. The van der Waals surface area contributed by atoms with Gasteiger partial charge in [0.15, 0.2) is 0 Å². The van der Waals surface area contributed by atoms with Crippen molar-refractivity contribution < 1.29 is 4.79 Å². The molecule has 1 aliphatic rings. The van der Waals surface area contributed by atoms with Crippen LogP contribution in [0.15, 0.2) is 18.2 Å². The molecule has 0 atom stereocenters. The Kier molecular flexibility index (Phi) is 1.65. The van der Waals surface area contributed by atoms with Crippen molar-refractivity contribution in [3.63, 3.8) is 0 Å². The average Bonchev–Trinajstić information content (AvgIpc) is 2.84. The number of carbonyl (C=O) groups excluding carboxylic acids is 1. The summed E-state index contributed by atoms with van der Waals surface area (Å²) in [5.74, 6) is 0. The van der Waals surface area contributed by atoms with Gasteiger partial charge in [-0.05, 0) is 25.0 Å². The van der Waals surface area contributed by atoms with Gasteiger partial charge in [-0.1, -0.05) is 17.7 Å². The molecule has 2 nitrogen and oxygen atoms in total. The highest BCUT2D eigenvalue weighted by Crippen LogP contribution is 2.45. The zero-order valence-electron chi connectivity index (χ0n) is 6.46. The first-order chi connectivity index (χ1) is 5.77. The maximum Gasteiger partial charge on any atom is 0.132 e. The van der Waals surface area contributed by atoms with Crippen molar-refractivity contribution in [1.82, 2.24) is 4.98 Å². The second-order valence-electron chi connectivity index (χ2n) is 3.12. The Hall–Kier alpha value is -0.890. The predicted octanol–water partition coefficient (Wildman–Crippen LogP) is 1.97. The summed E-state index contributed by atoms with van der Waals surface area (Å²) in [6.45, 7) is 0. The van der Waals surface area contributed by atoms with Crippen molar-refractivity contribution in [3.8, 4) is 0 Å². The maximum atomic E-state index is 10.7. The van der Waals surface area contributed by atoms with E-state index in [0.717, 1.165) is 24.8 Å². The van der Waals surface area contributed by atoms with Crippen LogP contribution in [0.3, 0.4) is 0 Å². The smallest absolute Gasteiger partial charge is 0.132 e. The molecule has 0 amide bonds. The number of rotatable bonds is 2. The summed E-state index contributed by atoms with van der Waals surface area (Å²) >= 11 is 5.71. The zero-order chi connectivity index (χ0) is 8.60. The summed E-state index contributed by atoms with van der Waals surface area (Å²) in [4.78, 5) is 14.8. The second-order valence-corrected chi connectivity index (χ2v) is 3.51. The van der Waals surface area contributed by atoms with Crippen LogP contribution in [0, 0.1) is 0 Å². The molecule has 0 bridgehead atoms. The van der Waals surface area contributed by atoms with Gasteiger partial charge < -0.3 is 4.79 Å². The van der Waals surface area contributed by atoms with Gasteiger partial charge in [0, 0.05) is 0 Å². The molecular formula is C9H8ClNO. The highest BCUT2D eigenvalue weighted by atomic mass is 35.5. The molecule has 2 rings (SSSR count). The highest BCUT2D eigenvalue weighted by Gasteiger charge is 2.45. The third-order valence-corrected chi connectivity index (χ3v) is 2.45. The van der Waals surface area contributed by atoms with E-state index in [1.165, 1.54) is 0 Å². The highest BCUT2D eigenvalue weighted by molar-refractivity contribution is 6.29. The van der Waals surface area contributed by atoms with E-state index in [1.807, 2.05) is 12.1 Å². The summed E-state index contributed by atoms with van der Waals surface area (Å²) in [5, 5.41) is 0.459. The Morgan fingerprint density at radius 2 is 2.25 bits per heavy atom. The van der Waals surface area contributed by atoms with E-state index in [4.69, 9.17) is 11.6 Å². The van der Waals surface area contributed by atoms with E-state index in [2.05, 4.69) is 4.98 Å². The largest absolute Gasteiger partial charge is 0.302 e. The third kappa shape index (κ3) is 1.12. The first-order valence-electron chi connectivity index (χ1n) is 3.86. The standard InChI is InChI=1S/C9H8ClNO/c10-8-3-1-2-7(11-8)9(6-12)4-5-9/h1-3,6H,4-5H2. The van der Waals surface area contributed by atoms with Crippen molar-refractivity contribution in [1.29, 1.82) is 0 Å². The minimum absolute atomic E-state index is 0.301. The summed E-state index contributed by atoms with van der Waals surface area (Å²) in [7, 11) is 0. The molecule has 0 aliphatic heterocycles. The fraction of sp³-hybridized carbons (Fsp3) is 0.333. The van der Waals surface area contributed by atoms with Gasteiger partial charge in [-0.15, -0.1) is 0 Å². The molecule has 62 valence electrons. The molecule has 1 aliphatic carbocycles. The quantitative estimate of drug-likeness (QED) is 0.516. The van der Waals surface area contributed by atoms with E-state index < -0.39 is 0 Å². The summed E-state index contributed by atoms with van der Waals surface area (Å²) in [6, 6.07) is 5.40. The summed E-state index contributed by atoms with van der Waals surface area (Å²) in [5.41, 5.74) is 0.509. The predicted molar refractivity (Wildman–Crippen MR) is 46.2 cm³/mol. The van der Waals surface area contributed by atoms with Crippen molar-refractivity contribution in [3.05, 3.63) is 29.0 Å². The van der Waals surface area contributed by atoms with Gasteiger partial charge in [0.2, 0.25) is 0 Å². The molecule has 1 aromatic heterocycles.